The van der Waals surface area contributed by atoms with Crippen LogP contribution in [0.5, 0.6) is 11.5 Å². The highest BCUT2D eigenvalue weighted by molar-refractivity contribution is 9.10. The first-order valence-electron chi connectivity index (χ1n) is 11.6. The molecule has 0 unspecified atom stereocenters. The van der Waals surface area contributed by atoms with Crippen molar-refractivity contribution >= 4 is 62.1 Å². The minimum Gasteiger partial charge on any atom is -0.490 e. The molecule has 0 aromatic heterocycles. The van der Waals surface area contributed by atoms with Crippen LogP contribution in [0.25, 0.3) is 6.08 Å². The van der Waals surface area contributed by atoms with Crippen LogP contribution in [0.3, 0.4) is 0 Å². The Balaban J connectivity index is 1.52. The number of halogens is 1. The summed E-state index contributed by atoms with van der Waals surface area (Å²) in [5, 5.41) is 1.10. The maximum absolute atomic E-state index is 13.1. The zero-order chi connectivity index (χ0) is 26.5. The van der Waals surface area contributed by atoms with Crippen LogP contribution in [-0.2, 0) is 11.4 Å². The molecule has 0 radical (unpaired) electrons. The Bertz CT molecular complexity index is 1370. The summed E-state index contributed by atoms with van der Waals surface area (Å²) in [6.45, 7) is 6.71. The van der Waals surface area contributed by atoms with Crippen molar-refractivity contribution in [3.63, 3.8) is 0 Å². The smallest absolute Gasteiger partial charge is 0.285 e. The number of aryl methyl sites for hydroxylation is 2. The third-order valence-electron chi connectivity index (χ3n) is 5.45. The van der Waals surface area contributed by atoms with Gasteiger partial charge in [-0.1, -0.05) is 59.3 Å². The molecule has 1 N–H and O–H groups in total. The highest BCUT2D eigenvalue weighted by Crippen LogP contribution is 2.39. The van der Waals surface area contributed by atoms with Gasteiger partial charge in [-0.2, -0.15) is 5.01 Å². The average molecular weight is 598 g/mol. The van der Waals surface area contributed by atoms with Crippen LogP contribution >= 0.6 is 39.9 Å². The number of carbonyl (C=O) groups excluding carboxylic acids is 2. The Morgan fingerprint density at radius 3 is 2.35 bits per heavy atom. The third-order valence-corrected chi connectivity index (χ3v) is 7.35. The number of hydrogen-bond donors (Lipinski definition) is 1. The molecule has 190 valence electrons. The Morgan fingerprint density at radius 2 is 1.70 bits per heavy atom. The lowest BCUT2D eigenvalue weighted by Crippen LogP contribution is -2.44. The molecular weight excluding hydrogens is 572 g/mol. The molecule has 4 rings (SSSR count). The van der Waals surface area contributed by atoms with E-state index >= 15 is 0 Å². The molecule has 3 aromatic carbocycles. The van der Waals surface area contributed by atoms with Crippen molar-refractivity contribution in [1.82, 2.24) is 10.4 Å². The molecule has 6 nitrogen and oxygen atoms in total. The van der Waals surface area contributed by atoms with E-state index in [9.17, 15) is 9.59 Å². The lowest BCUT2D eigenvalue weighted by Gasteiger charge is -2.16. The normalized spacial score (nSPS) is 14.3. The summed E-state index contributed by atoms with van der Waals surface area (Å²) in [7, 11) is 0. The van der Waals surface area contributed by atoms with Crippen LogP contribution in [0.4, 0.5) is 0 Å². The van der Waals surface area contributed by atoms with Gasteiger partial charge >= 0.3 is 0 Å². The zero-order valence-corrected chi connectivity index (χ0v) is 23.8. The minimum atomic E-state index is -0.408. The van der Waals surface area contributed by atoms with Gasteiger partial charge in [-0.25, -0.2) is 0 Å². The molecule has 0 aliphatic carbocycles. The van der Waals surface area contributed by atoms with Crippen molar-refractivity contribution in [2.24, 2.45) is 0 Å². The molecule has 1 aliphatic heterocycles. The monoisotopic (exact) mass is 596 g/mol. The summed E-state index contributed by atoms with van der Waals surface area (Å²) in [5.41, 5.74) is 7.03. The van der Waals surface area contributed by atoms with Crippen molar-refractivity contribution < 1.29 is 19.1 Å². The number of ether oxygens (including phenoxy) is 2. The quantitative estimate of drug-likeness (QED) is 0.234. The first-order valence-corrected chi connectivity index (χ1v) is 13.6. The van der Waals surface area contributed by atoms with E-state index in [2.05, 4.69) is 21.4 Å². The molecular formula is C28H25BrN2O4S2. The van der Waals surface area contributed by atoms with Gasteiger partial charge in [0.2, 0.25) is 0 Å². The summed E-state index contributed by atoms with van der Waals surface area (Å²) in [6, 6.07) is 18.9. The summed E-state index contributed by atoms with van der Waals surface area (Å²) in [5.74, 6) is 0.328. The first kappa shape index (κ1) is 26.9. The van der Waals surface area contributed by atoms with Crippen molar-refractivity contribution in [3.05, 3.63) is 97.9 Å². The number of carbonyl (C=O) groups is 2. The summed E-state index contributed by atoms with van der Waals surface area (Å²) < 4.78 is 12.9. The minimum absolute atomic E-state index is 0.249. The topological polar surface area (TPSA) is 67.9 Å². The fourth-order valence-electron chi connectivity index (χ4n) is 3.50. The first-order chi connectivity index (χ1) is 17.7. The molecule has 0 bridgehead atoms. The van der Waals surface area contributed by atoms with Crippen molar-refractivity contribution in [2.75, 3.05) is 6.61 Å². The van der Waals surface area contributed by atoms with Gasteiger partial charge in [0.25, 0.3) is 11.8 Å². The lowest BCUT2D eigenvalue weighted by atomic mass is 10.1. The molecule has 1 aliphatic rings. The predicted molar refractivity (Wildman–Crippen MR) is 154 cm³/mol. The van der Waals surface area contributed by atoms with Gasteiger partial charge < -0.3 is 9.47 Å². The number of rotatable bonds is 8. The highest BCUT2D eigenvalue weighted by atomic mass is 79.9. The second-order valence-corrected chi connectivity index (χ2v) is 10.9. The number of benzene rings is 3. The van der Waals surface area contributed by atoms with E-state index in [0.717, 1.165) is 33.5 Å². The van der Waals surface area contributed by atoms with Gasteiger partial charge in [-0.05, 0) is 90.4 Å². The van der Waals surface area contributed by atoms with Gasteiger partial charge in [-0.3, -0.25) is 15.0 Å². The maximum atomic E-state index is 13.1. The SMILES string of the molecule is CCOc1cc(/C=C2\SC(=S)N(NC(=O)c3ccc(C)cc3)C2=O)cc(Br)c1OCc1ccc(C)cc1. The Labute approximate surface area is 234 Å². The third kappa shape index (κ3) is 6.60. The molecule has 1 heterocycles. The number of nitrogens with one attached hydrogen (secondary N) is 1. The predicted octanol–water partition coefficient (Wildman–Crippen LogP) is 6.59. The Hall–Kier alpha value is -3.14. The van der Waals surface area contributed by atoms with Gasteiger partial charge in [0.05, 0.1) is 16.0 Å². The maximum Gasteiger partial charge on any atom is 0.285 e. The van der Waals surface area contributed by atoms with Crippen LogP contribution in [0, 0.1) is 13.8 Å². The molecule has 0 saturated carbocycles. The standard InChI is InChI=1S/C28H25BrN2O4S2/c1-4-34-23-14-20(13-22(29)25(23)35-16-19-9-5-17(2)6-10-19)15-24-27(33)31(28(36)37-24)30-26(32)21-11-7-18(3)8-12-21/h5-15H,4,16H2,1-3H3,(H,30,32)/b24-15-. The molecule has 37 heavy (non-hydrogen) atoms. The van der Waals surface area contributed by atoms with E-state index in [4.69, 9.17) is 21.7 Å². The number of nitrogens with zero attached hydrogens (tertiary/aromatic N) is 1. The molecule has 0 spiro atoms. The Morgan fingerprint density at radius 1 is 1.05 bits per heavy atom. The number of amides is 2. The molecule has 2 amide bonds. The van der Waals surface area contributed by atoms with Gasteiger partial charge in [-0.15, -0.1) is 0 Å². The summed E-state index contributed by atoms with van der Waals surface area (Å²) in [4.78, 5) is 26.1. The van der Waals surface area contributed by atoms with E-state index in [0.29, 0.717) is 39.7 Å². The number of thioether (sulfide) groups is 1. The summed E-state index contributed by atoms with van der Waals surface area (Å²) in [6.07, 6.45) is 1.72. The van der Waals surface area contributed by atoms with Crippen LogP contribution in [0.2, 0.25) is 0 Å². The van der Waals surface area contributed by atoms with E-state index < -0.39 is 11.8 Å². The second-order valence-electron chi connectivity index (χ2n) is 8.36. The average Bonchev–Trinajstić information content (AvgIpc) is 3.12. The van der Waals surface area contributed by atoms with Gasteiger partial charge in [0, 0.05) is 5.56 Å². The van der Waals surface area contributed by atoms with Crippen molar-refractivity contribution in [1.29, 1.82) is 0 Å². The molecule has 1 saturated heterocycles. The zero-order valence-electron chi connectivity index (χ0n) is 20.5. The van der Waals surface area contributed by atoms with Crippen LogP contribution in [0.15, 0.2) is 70.0 Å². The Kier molecular flexibility index (Phi) is 8.68. The highest BCUT2D eigenvalue weighted by Gasteiger charge is 2.34. The largest absolute Gasteiger partial charge is 0.490 e. The molecule has 0 atom stereocenters. The number of thiocarbonyl (C=S) groups is 1. The van der Waals surface area contributed by atoms with E-state index in [1.807, 2.05) is 69.3 Å². The van der Waals surface area contributed by atoms with Crippen molar-refractivity contribution in [2.45, 2.75) is 27.4 Å². The second kappa shape index (κ2) is 11.9. The fourth-order valence-corrected chi connectivity index (χ4v) is 5.25. The molecule has 1 fully saturated rings. The van der Waals surface area contributed by atoms with Crippen LogP contribution in [0.1, 0.15) is 39.5 Å². The lowest BCUT2D eigenvalue weighted by molar-refractivity contribution is -0.123. The van der Waals surface area contributed by atoms with Crippen LogP contribution < -0.4 is 14.9 Å². The fraction of sp³-hybridized carbons (Fsp3) is 0.179. The van der Waals surface area contributed by atoms with E-state index in [1.54, 1.807) is 18.2 Å². The van der Waals surface area contributed by atoms with Gasteiger partial charge in [0.15, 0.2) is 15.8 Å². The van der Waals surface area contributed by atoms with E-state index in [1.165, 1.54) is 5.56 Å². The van der Waals surface area contributed by atoms with Crippen LogP contribution in [-0.4, -0.2) is 27.8 Å². The van der Waals surface area contributed by atoms with Crippen molar-refractivity contribution in [3.8, 4) is 11.5 Å². The molecule has 9 heteroatoms. The number of hydrogen-bond acceptors (Lipinski definition) is 6. The van der Waals surface area contributed by atoms with Gasteiger partial charge in [0.1, 0.15) is 6.61 Å². The van der Waals surface area contributed by atoms with E-state index in [-0.39, 0.29) is 4.32 Å². The summed E-state index contributed by atoms with van der Waals surface area (Å²) >= 11 is 10.1. The number of hydrazine groups is 1. The molecule has 3 aromatic rings.